The predicted octanol–water partition coefficient (Wildman–Crippen LogP) is 2.22. The number of carbonyl (C=O) groups is 1. The summed E-state index contributed by atoms with van der Waals surface area (Å²) in [6.45, 7) is 1.84. The number of aromatic nitrogens is 3. The highest BCUT2D eigenvalue weighted by Gasteiger charge is 2.09. The van der Waals surface area contributed by atoms with Crippen LogP contribution in [0.25, 0.3) is 0 Å². The van der Waals surface area contributed by atoms with Gasteiger partial charge in [0.2, 0.25) is 0 Å². The summed E-state index contributed by atoms with van der Waals surface area (Å²) in [6, 6.07) is 2.71. The minimum atomic E-state index is -1.05. The van der Waals surface area contributed by atoms with Crippen LogP contribution in [0.4, 0.5) is 11.5 Å². The van der Waals surface area contributed by atoms with Crippen LogP contribution in [0, 0.1) is 6.92 Å². The van der Waals surface area contributed by atoms with Gasteiger partial charge in [-0.25, -0.2) is 9.78 Å². The Balaban J connectivity index is 2.34. The number of nitrogens with one attached hydrogen (secondary N) is 1. The molecular weight excluding hydrogens is 256 g/mol. The Morgan fingerprint density at radius 3 is 2.78 bits per heavy atom. The quantitative estimate of drug-likeness (QED) is 0.833. The molecule has 94 valence electrons. The van der Waals surface area contributed by atoms with Gasteiger partial charge in [-0.05, 0) is 19.1 Å². The molecular formula is C11H11ClN4O2. The first kappa shape index (κ1) is 12.4. The zero-order valence-corrected chi connectivity index (χ0v) is 10.6. The lowest BCUT2D eigenvalue weighted by Gasteiger charge is -2.05. The third kappa shape index (κ3) is 2.60. The minimum Gasteiger partial charge on any atom is -0.478 e. The number of hydrogen-bond donors (Lipinski definition) is 2. The van der Waals surface area contributed by atoms with E-state index in [1.165, 1.54) is 12.1 Å². The Hall–Kier alpha value is -2.08. The Labute approximate surface area is 108 Å². The van der Waals surface area contributed by atoms with Crippen LogP contribution in [0.15, 0.2) is 18.3 Å². The van der Waals surface area contributed by atoms with Crippen molar-refractivity contribution >= 4 is 29.1 Å². The second kappa shape index (κ2) is 4.66. The largest absolute Gasteiger partial charge is 0.478 e. The van der Waals surface area contributed by atoms with Crippen molar-refractivity contribution in [2.75, 3.05) is 5.32 Å². The van der Waals surface area contributed by atoms with Crippen LogP contribution in [-0.2, 0) is 7.05 Å². The van der Waals surface area contributed by atoms with Crippen LogP contribution >= 0.6 is 11.6 Å². The number of hydrogen-bond acceptors (Lipinski definition) is 4. The molecule has 6 nitrogen and oxygen atoms in total. The predicted molar refractivity (Wildman–Crippen MR) is 67.4 cm³/mol. The Bertz CT molecular complexity index is 609. The molecule has 2 N–H and O–H groups in total. The highest BCUT2D eigenvalue weighted by molar-refractivity contribution is 6.29. The van der Waals surface area contributed by atoms with E-state index in [0.717, 1.165) is 11.4 Å². The lowest BCUT2D eigenvalue weighted by Crippen LogP contribution is -2.01. The van der Waals surface area contributed by atoms with E-state index < -0.39 is 5.97 Å². The van der Waals surface area contributed by atoms with Crippen LogP contribution in [0.2, 0.25) is 5.15 Å². The molecule has 0 aliphatic carbocycles. The van der Waals surface area contributed by atoms with Gasteiger partial charge in [0.25, 0.3) is 0 Å². The van der Waals surface area contributed by atoms with Crippen molar-refractivity contribution in [1.82, 2.24) is 14.8 Å². The molecule has 0 fully saturated rings. The van der Waals surface area contributed by atoms with Crippen molar-refractivity contribution in [3.8, 4) is 0 Å². The third-order valence-corrected chi connectivity index (χ3v) is 2.51. The van der Waals surface area contributed by atoms with Gasteiger partial charge in [0.05, 0.1) is 16.9 Å². The van der Waals surface area contributed by atoms with Crippen molar-refractivity contribution in [3.05, 3.63) is 34.7 Å². The summed E-state index contributed by atoms with van der Waals surface area (Å²) in [5, 5.41) is 16.2. The van der Waals surface area contributed by atoms with Crippen molar-refractivity contribution < 1.29 is 9.90 Å². The lowest BCUT2D eigenvalue weighted by atomic mass is 10.2. The van der Waals surface area contributed by atoms with E-state index in [0.29, 0.717) is 5.82 Å². The summed E-state index contributed by atoms with van der Waals surface area (Å²) < 4.78 is 1.65. The van der Waals surface area contributed by atoms with Gasteiger partial charge in [0.15, 0.2) is 0 Å². The molecule has 7 heteroatoms. The monoisotopic (exact) mass is 266 g/mol. The van der Waals surface area contributed by atoms with Gasteiger partial charge in [0, 0.05) is 13.2 Å². The molecule has 0 saturated carbocycles. The summed E-state index contributed by atoms with van der Waals surface area (Å²) in [5.41, 5.74) is 1.62. The molecule has 0 saturated heterocycles. The van der Waals surface area contributed by atoms with Gasteiger partial charge in [-0.2, -0.15) is 5.10 Å². The first-order valence-corrected chi connectivity index (χ1v) is 5.51. The molecule has 0 aromatic carbocycles. The van der Waals surface area contributed by atoms with Gasteiger partial charge < -0.3 is 10.4 Å². The average Bonchev–Trinajstić information content (AvgIpc) is 2.56. The summed E-state index contributed by atoms with van der Waals surface area (Å²) >= 11 is 5.77. The second-order valence-electron chi connectivity index (χ2n) is 3.80. The van der Waals surface area contributed by atoms with Gasteiger partial charge >= 0.3 is 5.97 Å². The van der Waals surface area contributed by atoms with Gasteiger partial charge in [-0.3, -0.25) is 4.68 Å². The number of halogens is 1. The van der Waals surface area contributed by atoms with E-state index in [2.05, 4.69) is 15.4 Å². The molecule has 2 aromatic heterocycles. The number of aryl methyl sites for hydroxylation is 2. The molecule has 0 aliphatic heterocycles. The van der Waals surface area contributed by atoms with E-state index >= 15 is 0 Å². The molecule has 0 unspecified atom stereocenters. The fraction of sp³-hybridized carbons (Fsp3) is 0.182. The molecule has 2 heterocycles. The van der Waals surface area contributed by atoms with Crippen LogP contribution in [-0.4, -0.2) is 25.8 Å². The van der Waals surface area contributed by atoms with E-state index in [1.807, 2.05) is 6.92 Å². The fourth-order valence-electron chi connectivity index (χ4n) is 1.54. The molecule has 0 aliphatic rings. The molecule has 0 amide bonds. The topological polar surface area (TPSA) is 80.0 Å². The number of carboxylic acid groups (broad SMARTS) is 1. The molecule has 0 bridgehead atoms. The molecule has 0 spiro atoms. The van der Waals surface area contributed by atoms with Gasteiger partial charge in [-0.1, -0.05) is 11.6 Å². The number of aromatic carboxylic acids is 1. The maximum absolute atomic E-state index is 10.9. The molecule has 0 radical (unpaired) electrons. The van der Waals surface area contributed by atoms with Crippen molar-refractivity contribution in [1.29, 1.82) is 0 Å². The van der Waals surface area contributed by atoms with Crippen molar-refractivity contribution in [3.63, 3.8) is 0 Å². The third-order valence-electron chi connectivity index (χ3n) is 2.32. The molecule has 18 heavy (non-hydrogen) atoms. The number of nitrogens with zero attached hydrogens (tertiary/aromatic N) is 3. The van der Waals surface area contributed by atoms with Crippen LogP contribution in [0.3, 0.4) is 0 Å². The van der Waals surface area contributed by atoms with Gasteiger partial charge in [-0.15, -0.1) is 0 Å². The number of anilines is 2. The molecule has 2 aromatic rings. The Morgan fingerprint density at radius 2 is 2.22 bits per heavy atom. The summed E-state index contributed by atoms with van der Waals surface area (Å²) in [6.07, 6.45) is 1.78. The first-order chi connectivity index (χ1) is 8.45. The first-order valence-electron chi connectivity index (χ1n) is 5.14. The molecule has 0 atom stereocenters. The number of rotatable bonds is 3. The SMILES string of the molecule is Cc1nn(C)cc1Nc1cc(C(=O)O)cc(Cl)n1. The summed E-state index contributed by atoms with van der Waals surface area (Å²) in [4.78, 5) is 14.9. The van der Waals surface area contributed by atoms with E-state index in [1.54, 1.807) is 17.9 Å². The lowest BCUT2D eigenvalue weighted by molar-refractivity contribution is 0.0697. The maximum Gasteiger partial charge on any atom is 0.335 e. The van der Waals surface area contributed by atoms with Crippen LogP contribution in [0.5, 0.6) is 0 Å². The normalized spacial score (nSPS) is 10.4. The van der Waals surface area contributed by atoms with Crippen LogP contribution < -0.4 is 5.32 Å². The fourth-order valence-corrected chi connectivity index (χ4v) is 1.75. The highest BCUT2D eigenvalue weighted by atomic mass is 35.5. The van der Waals surface area contributed by atoms with Gasteiger partial charge in [0.1, 0.15) is 11.0 Å². The minimum absolute atomic E-state index is 0.0824. The van der Waals surface area contributed by atoms with Crippen molar-refractivity contribution in [2.24, 2.45) is 7.05 Å². The zero-order chi connectivity index (χ0) is 13.3. The van der Waals surface area contributed by atoms with Crippen LogP contribution in [0.1, 0.15) is 16.1 Å². The number of carboxylic acids is 1. The van der Waals surface area contributed by atoms with E-state index in [9.17, 15) is 4.79 Å². The smallest absolute Gasteiger partial charge is 0.335 e. The Morgan fingerprint density at radius 1 is 1.50 bits per heavy atom. The number of pyridine rings is 1. The second-order valence-corrected chi connectivity index (χ2v) is 4.18. The van der Waals surface area contributed by atoms with Crippen molar-refractivity contribution in [2.45, 2.75) is 6.92 Å². The Kier molecular flexibility index (Phi) is 3.20. The summed E-state index contributed by atoms with van der Waals surface area (Å²) in [7, 11) is 1.80. The average molecular weight is 267 g/mol. The van der Waals surface area contributed by atoms with E-state index in [-0.39, 0.29) is 10.7 Å². The zero-order valence-electron chi connectivity index (χ0n) is 9.81. The highest BCUT2D eigenvalue weighted by Crippen LogP contribution is 2.20. The van der Waals surface area contributed by atoms with E-state index in [4.69, 9.17) is 16.7 Å². The summed E-state index contributed by atoms with van der Waals surface area (Å²) in [5.74, 6) is -0.679. The standard InChI is InChI=1S/C11H11ClN4O2/c1-6-8(5-16(2)15-6)13-10-4-7(11(17)18)3-9(12)14-10/h3-5H,1-2H3,(H,13,14)(H,17,18). The molecule has 2 rings (SSSR count). The maximum atomic E-state index is 10.9.